The van der Waals surface area contributed by atoms with Gasteiger partial charge in [0.05, 0.1) is 0 Å². The first-order chi connectivity index (χ1) is 8.00. The van der Waals surface area contributed by atoms with E-state index in [-0.39, 0.29) is 10.8 Å². The highest BCUT2D eigenvalue weighted by Crippen LogP contribution is 2.27. The fourth-order valence-electron chi connectivity index (χ4n) is 1.67. The zero-order valence-corrected chi connectivity index (χ0v) is 9.94. The van der Waals surface area contributed by atoms with E-state index in [1.165, 1.54) is 12.1 Å². The van der Waals surface area contributed by atoms with Crippen LogP contribution in [0.4, 0.5) is 18.9 Å². The Hall–Kier alpha value is -1.71. The highest BCUT2D eigenvalue weighted by atomic mass is 19.2. The van der Waals surface area contributed by atoms with Crippen LogP contribution in [0.5, 0.6) is 0 Å². The molecule has 0 saturated heterocycles. The summed E-state index contributed by atoms with van der Waals surface area (Å²) in [6.45, 7) is 5.60. The topological polar surface area (TPSA) is 26.0 Å². The second kappa shape index (κ2) is 5.08. The maximum Gasteiger partial charge on any atom is 0.195 e. The number of hydrogen-bond acceptors (Lipinski definition) is 1. The van der Waals surface area contributed by atoms with E-state index in [1.54, 1.807) is 6.92 Å². The van der Waals surface area contributed by atoms with E-state index >= 15 is 0 Å². The van der Waals surface area contributed by atoms with E-state index in [9.17, 15) is 13.2 Å². The molecule has 0 aromatic heterocycles. The van der Waals surface area contributed by atoms with Crippen LogP contribution in [0.2, 0.25) is 0 Å². The summed E-state index contributed by atoms with van der Waals surface area (Å²) in [5, 5.41) is 0.340. The molecule has 2 aromatic rings. The molecule has 0 aliphatic rings. The molecule has 0 atom stereocenters. The molecule has 0 amide bonds. The van der Waals surface area contributed by atoms with Crippen molar-refractivity contribution in [2.24, 2.45) is 0 Å². The molecule has 2 rings (SSSR count). The van der Waals surface area contributed by atoms with Crippen LogP contribution in [0, 0.1) is 24.4 Å². The number of nitrogen functional groups attached to an aromatic ring is 1. The van der Waals surface area contributed by atoms with Gasteiger partial charge in [-0.3, -0.25) is 0 Å². The summed E-state index contributed by atoms with van der Waals surface area (Å²) in [5.74, 6) is -3.82. The molecule has 0 aliphatic carbocycles. The zero-order chi connectivity index (χ0) is 13.2. The van der Waals surface area contributed by atoms with Gasteiger partial charge >= 0.3 is 0 Å². The first-order valence-corrected chi connectivity index (χ1v) is 5.34. The van der Waals surface area contributed by atoms with E-state index in [1.807, 2.05) is 13.8 Å². The Bertz CT molecular complexity index is 550. The van der Waals surface area contributed by atoms with Crippen molar-refractivity contribution in [1.82, 2.24) is 0 Å². The van der Waals surface area contributed by atoms with Crippen molar-refractivity contribution in [2.75, 3.05) is 5.73 Å². The van der Waals surface area contributed by atoms with Gasteiger partial charge in [0.25, 0.3) is 0 Å². The number of benzene rings is 2. The number of aryl methyl sites for hydroxylation is 1. The van der Waals surface area contributed by atoms with Gasteiger partial charge in [-0.05, 0) is 36.1 Å². The lowest BCUT2D eigenvalue weighted by molar-refractivity contribution is 0.453. The molecule has 0 bridgehead atoms. The van der Waals surface area contributed by atoms with Crippen molar-refractivity contribution < 1.29 is 13.2 Å². The first kappa shape index (κ1) is 13.4. The van der Waals surface area contributed by atoms with Crippen LogP contribution in [0.3, 0.4) is 0 Å². The van der Waals surface area contributed by atoms with Gasteiger partial charge in [0, 0.05) is 11.1 Å². The van der Waals surface area contributed by atoms with Crippen LogP contribution >= 0.6 is 0 Å². The number of halogens is 3. The maximum absolute atomic E-state index is 13.4. The minimum absolute atomic E-state index is 0.0723. The number of rotatable bonds is 0. The molecular weight excluding hydrogens is 227 g/mol. The lowest BCUT2D eigenvalue weighted by Crippen LogP contribution is -1.95. The molecule has 4 heteroatoms. The van der Waals surface area contributed by atoms with Gasteiger partial charge in [0.2, 0.25) is 0 Å². The molecule has 2 N–H and O–H groups in total. The standard InChI is InChI=1S/C11H8F3N.C2H6/c1-5-2-7(15)3-6-4-8(12)10(13)11(14)9(5)6;1-2/h2-4H,15H2,1H3;1-2H3. The van der Waals surface area contributed by atoms with Gasteiger partial charge in [-0.1, -0.05) is 13.8 Å². The van der Waals surface area contributed by atoms with Gasteiger partial charge in [-0.25, -0.2) is 13.2 Å². The summed E-state index contributed by atoms with van der Waals surface area (Å²) in [5.41, 5.74) is 6.41. The third-order valence-corrected chi connectivity index (χ3v) is 2.29. The molecule has 17 heavy (non-hydrogen) atoms. The van der Waals surface area contributed by atoms with E-state index in [0.29, 0.717) is 11.3 Å². The molecule has 1 nitrogen and oxygen atoms in total. The van der Waals surface area contributed by atoms with Crippen molar-refractivity contribution in [3.63, 3.8) is 0 Å². The fourth-order valence-corrected chi connectivity index (χ4v) is 1.67. The third-order valence-electron chi connectivity index (χ3n) is 2.29. The summed E-state index contributed by atoms with van der Waals surface area (Å²) < 4.78 is 39.3. The van der Waals surface area contributed by atoms with Crippen LogP contribution in [0.25, 0.3) is 10.8 Å². The summed E-state index contributed by atoms with van der Waals surface area (Å²) in [6.07, 6.45) is 0. The summed E-state index contributed by atoms with van der Waals surface area (Å²) in [7, 11) is 0. The maximum atomic E-state index is 13.4. The predicted molar refractivity (Wildman–Crippen MR) is 64.3 cm³/mol. The minimum Gasteiger partial charge on any atom is -0.399 e. The van der Waals surface area contributed by atoms with Crippen LogP contribution in [-0.2, 0) is 0 Å². The molecule has 0 fully saturated rings. The average Bonchev–Trinajstić information content (AvgIpc) is 2.27. The van der Waals surface area contributed by atoms with E-state index in [2.05, 4.69) is 0 Å². The fraction of sp³-hybridized carbons (Fsp3) is 0.231. The Kier molecular flexibility index (Phi) is 3.99. The Morgan fingerprint density at radius 3 is 2.12 bits per heavy atom. The van der Waals surface area contributed by atoms with Crippen molar-refractivity contribution in [2.45, 2.75) is 20.8 Å². The zero-order valence-electron chi connectivity index (χ0n) is 9.94. The lowest BCUT2D eigenvalue weighted by Gasteiger charge is -2.06. The molecular formula is C13H14F3N. The van der Waals surface area contributed by atoms with Gasteiger partial charge in [0.1, 0.15) is 0 Å². The quantitative estimate of drug-likeness (QED) is 0.543. The Morgan fingerprint density at radius 1 is 0.941 bits per heavy atom. The normalized spacial score (nSPS) is 10.0. The van der Waals surface area contributed by atoms with Crippen molar-refractivity contribution >= 4 is 16.5 Å². The molecule has 0 unspecified atom stereocenters. The summed E-state index contributed by atoms with van der Waals surface area (Å²) in [4.78, 5) is 0. The Balaban J connectivity index is 0.000000686. The monoisotopic (exact) mass is 241 g/mol. The molecule has 92 valence electrons. The lowest BCUT2D eigenvalue weighted by atomic mass is 10.0. The van der Waals surface area contributed by atoms with Crippen LogP contribution in [0.15, 0.2) is 18.2 Å². The molecule has 0 heterocycles. The predicted octanol–water partition coefficient (Wildman–Crippen LogP) is 4.17. The number of anilines is 1. The smallest absolute Gasteiger partial charge is 0.195 e. The van der Waals surface area contributed by atoms with Gasteiger partial charge in [-0.2, -0.15) is 0 Å². The average molecular weight is 241 g/mol. The van der Waals surface area contributed by atoms with E-state index < -0.39 is 17.5 Å². The number of hydrogen-bond donors (Lipinski definition) is 1. The van der Waals surface area contributed by atoms with Crippen molar-refractivity contribution in [3.8, 4) is 0 Å². The molecule has 2 aromatic carbocycles. The Morgan fingerprint density at radius 2 is 1.53 bits per heavy atom. The third kappa shape index (κ3) is 2.35. The van der Waals surface area contributed by atoms with Crippen molar-refractivity contribution in [3.05, 3.63) is 41.2 Å². The summed E-state index contributed by atoms with van der Waals surface area (Å²) >= 11 is 0. The highest BCUT2D eigenvalue weighted by Gasteiger charge is 2.15. The van der Waals surface area contributed by atoms with Gasteiger partial charge < -0.3 is 5.73 Å². The van der Waals surface area contributed by atoms with Gasteiger partial charge in [-0.15, -0.1) is 0 Å². The van der Waals surface area contributed by atoms with Gasteiger partial charge in [0.15, 0.2) is 17.5 Å². The molecule has 0 spiro atoms. The largest absolute Gasteiger partial charge is 0.399 e. The van der Waals surface area contributed by atoms with Crippen LogP contribution in [-0.4, -0.2) is 0 Å². The number of nitrogens with two attached hydrogens (primary N) is 1. The van der Waals surface area contributed by atoms with E-state index in [0.717, 1.165) is 6.07 Å². The van der Waals surface area contributed by atoms with Crippen LogP contribution < -0.4 is 5.73 Å². The molecule has 0 radical (unpaired) electrons. The van der Waals surface area contributed by atoms with E-state index in [4.69, 9.17) is 5.73 Å². The highest BCUT2D eigenvalue weighted by molar-refractivity contribution is 5.89. The number of fused-ring (bicyclic) bond motifs is 1. The van der Waals surface area contributed by atoms with Crippen LogP contribution in [0.1, 0.15) is 19.4 Å². The molecule has 0 saturated carbocycles. The minimum atomic E-state index is -1.45. The second-order valence-electron chi connectivity index (χ2n) is 3.42. The SMILES string of the molecule is CC.Cc1cc(N)cc2cc(F)c(F)c(F)c12. The first-order valence-electron chi connectivity index (χ1n) is 5.34. The molecule has 0 aliphatic heterocycles. The summed E-state index contributed by atoms with van der Waals surface area (Å²) in [6, 6.07) is 3.87. The second-order valence-corrected chi connectivity index (χ2v) is 3.42. The Labute approximate surface area is 98.1 Å². The van der Waals surface area contributed by atoms with Crippen molar-refractivity contribution in [1.29, 1.82) is 0 Å².